The third-order valence-corrected chi connectivity index (χ3v) is 2.93. The molecule has 0 saturated heterocycles. The molecule has 1 unspecified atom stereocenters. The van der Waals surface area contributed by atoms with Crippen LogP contribution in [-0.2, 0) is 4.74 Å². The highest BCUT2D eigenvalue weighted by atomic mass is 19.1. The van der Waals surface area contributed by atoms with Crippen molar-refractivity contribution in [2.45, 2.75) is 18.8 Å². The van der Waals surface area contributed by atoms with E-state index in [1.54, 1.807) is 18.2 Å². The lowest BCUT2D eigenvalue weighted by atomic mass is 10.0. The van der Waals surface area contributed by atoms with Crippen LogP contribution in [0.15, 0.2) is 24.3 Å². The van der Waals surface area contributed by atoms with Crippen molar-refractivity contribution in [3.8, 4) is 0 Å². The van der Waals surface area contributed by atoms with E-state index >= 15 is 0 Å². The molecule has 0 aromatic heterocycles. The molecule has 2 nitrogen and oxygen atoms in total. The first-order valence-corrected chi connectivity index (χ1v) is 5.74. The number of aliphatic hydroxyl groups excluding tert-OH is 1. The van der Waals surface area contributed by atoms with E-state index in [0.29, 0.717) is 18.1 Å². The average Bonchev–Trinajstić information content (AvgIpc) is 3.10. The van der Waals surface area contributed by atoms with Crippen LogP contribution < -0.4 is 0 Å². The van der Waals surface area contributed by atoms with E-state index in [2.05, 4.69) is 0 Å². The third kappa shape index (κ3) is 3.03. The van der Waals surface area contributed by atoms with Crippen LogP contribution in [0.2, 0.25) is 0 Å². The number of hydrogen-bond acceptors (Lipinski definition) is 2. The summed E-state index contributed by atoms with van der Waals surface area (Å²) in [6.45, 7) is 1.06. The molecule has 2 rings (SSSR count). The van der Waals surface area contributed by atoms with Crippen LogP contribution in [0.4, 0.5) is 4.39 Å². The summed E-state index contributed by atoms with van der Waals surface area (Å²) in [5.74, 6) is 0.177. The van der Waals surface area contributed by atoms with E-state index < -0.39 is 0 Å². The Hall–Kier alpha value is -0.930. The standard InChI is InChI=1S/C13H17FO2/c14-13-4-2-1-3-12(13)11(7-15)9-16-8-10-5-6-10/h1-4,10-11,15H,5-9H2. The minimum atomic E-state index is -0.267. The van der Waals surface area contributed by atoms with Crippen LogP contribution >= 0.6 is 0 Å². The lowest BCUT2D eigenvalue weighted by molar-refractivity contribution is 0.0910. The molecule has 1 aliphatic carbocycles. The lowest BCUT2D eigenvalue weighted by Gasteiger charge is -2.15. The van der Waals surface area contributed by atoms with Crippen molar-refractivity contribution in [3.05, 3.63) is 35.6 Å². The SMILES string of the molecule is OCC(COCC1CC1)c1ccccc1F. The Morgan fingerprint density at radius 1 is 1.38 bits per heavy atom. The summed E-state index contributed by atoms with van der Waals surface area (Å²) < 4.78 is 19.0. The topological polar surface area (TPSA) is 29.5 Å². The largest absolute Gasteiger partial charge is 0.396 e. The van der Waals surface area contributed by atoms with E-state index in [0.717, 1.165) is 6.61 Å². The van der Waals surface area contributed by atoms with Gasteiger partial charge in [0.2, 0.25) is 0 Å². The predicted molar refractivity (Wildman–Crippen MR) is 59.8 cm³/mol. The van der Waals surface area contributed by atoms with Gasteiger partial charge in [-0.15, -0.1) is 0 Å². The first kappa shape index (κ1) is 11.6. The van der Waals surface area contributed by atoms with Gasteiger partial charge in [-0.3, -0.25) is 0 Å². The Morgan fingerprint density at radius 2 is 2.12 bits per heavy atom. The minimum absolute atomic E-state index is 0.0778. The second kappa shape index (κ2) is 5.41. The highest BCUT2D eigenvalue weighted by molar-refractivity contribution is 5.21. The highest BCUT2D eigenvalue weighted by Gasteiger charge is 2.22. The molecule has 3 heteroatoms. The van der Waals surface area contributed by atoms with Crippen molar-refractivity contribution in [1.82, 2.24) is 0 Å². The number of halogens is 1. The minimum Gasteiger partial charge on any atom is -0.396 e. The van der Waals surface area contributed by atoms with Gasteiger partial charge in [0.05, 0.1) is 13.2 Å². The summed E-state index contributed by atoms with van der Waals surface area (Å²) in [5, 5.41) is 9.24. The molecular weight excluding hydrogens is 207 g/mol. The van der Waals surface area contributed by atoms with Crippen LogP contribution in [0.1, 0.15) is 24.3 Å². The summed E-state index contributed by atoms with van der Waals surface area (Å²) in [6, 6.07) is 6.55. The molecular formula is C13H17FO2. The summed E-state index contributed by atoms with van der Waals surface area (Å²) in [5.41, 5.74) is 0.542. The molecule has 1 aromatic carbocycles. The molecule has 1 aliphatic rings. The van der Waals surface area contributed by atoms with Crippen LogP contribution in [0.5, 0.6) is 0 Å². The molecule has 1 N–H and O–H groups in total. The van der Waals surface area contributed by atoms with Crippen molar-refractivity contribution in [2.75, 3.05) is 19.8 Å². The van der Waals surface area contributed by atoms with Gasteiger partial charge >= 0.3 is 0 Å². The molecule has 1 saturated carbocycles. The molecule has 1 aromatic rings. The molecule has 0 radical (unpaired) electrons. The molecule has 1 atom stereocenters. The number of hydrogen-bond donors (Lipinski definition) is 1. The maximum Gasteiger partial charge on any atom is 0.126 e. The Balaban J connectivity index is 1.90. The molecule has 16 heavy (non-hydrogen) atoms. The quantitative estimate of drug-likeness (QED) is 0.803. The predicted octanol–water partition coefficient (Wildman–Crippen LogP) is 2.33. The van der Waals surface area contributed by atoms with Crippen molar-refractivity contribution >= 4 is 0 Å². The summed E-state index contributed by atoms with van der Waals surface area (Å²) >= 11 is 0. The summed E-state index contributed by atoms with van der Waals surface area (Å²) in [7, 11) is 0. The first-order valence-electron chi connectivity index (χ1n) is 5.74. The van der Waals surface area contributed by atoms with Crippen molar-refractivity contribution in [1.29, 1.82) is 0 Å². The Labute approximate surface area is 95.1 Å². The fourth-order valence-corrected chi connectivity index (χ4v) is 1.71. The second-order valence-corrected chi connectivity index (χ2v) is 4.38. The van der Waals surface area contributed by atoms with Gasteiger partial charge in [0.25, 0.3) is 0 Å². The van der Waals surface area contributed by atoms with Gasteiger partial charge in [-0.05, 0) is 30.4 Å². The Morgan fingerprint density at radius 3 is 2.75 bits per heavy atom. The zero-order chi connectivity index (χ0) is 11.4. The second-order valence-electron chi connectivity index (χ2n) is 4.38. The zero-order valence-corrected chi connectivity index (χ0v) is 9.23. The monoisotopic (exact) mass is 224 g/mol. The molecule has 88 valence electrons. The van der Waals surface area contributed by atoms with Crippen LogP contribution in [0, 0.1) is 11.7 Å². The zero-order valence-electron chi connectivity index (χ0n) is 9.23. The molecule has 0 amide bonds. The van der Waals surface area contributed by atoms with Crippen LogP contribution in [0.3, 0.4) is 0 Å². The maximum absolute atomic E-state index is 13.5. The summed E-state index contributed by atoms with van der Waals surface area (Å²) in [6.07, 6.45) is 2.48. The van der Waals surface area contributed by atoms with E-state index in [1.165, 1.54) is 18.9 Å². The van der Waals surface area contributed by atoms with Gasteiger partial charge < -0.3 is 9.84 Å². The smallest absolute Gasteiger partial charge is 0.126 e. The number of ether oxygens (including phenoxy) is 1. The number of benzene rings is 1. The average molecular weight is 224 g/mol. The fraction of sp³-hybridized carbons (Fsp3) is 0.538. The van der Waals surface area contributed by atoms with Gasteiger partial charge in [-0.1, -0.05) is 18.2 Å². The van der Waals surface area contributed by atoms with E-state index in [9.17, 15) is 9.50 Å². The van der Waals surface area contributed by atoms with Crippen LogP contribution in [0.25, 0.3) is 0 Å². The maximum atomic E-state index is 13.5. The van der Waals surface area contributed by atoms with Gasteiger partial charge in [-0.2, -0.15) is 0 Å². The van der Waals surface area contributed by atoms with E-state index in [1.807, 2.05) is 0 Å². The van der Waals surface area contributed by atoms with E-state index in [4.69, 9.17) is 4.74 Å². The van der Waals surface area contributed by atoms with Gasteiger partial charge in [0.1, 0.15) is 5.82 Å². The van der Waals surface area contributed by atoms with Crippen molar-refractivity contribution in [3.63, 3.8) is 0 Å². The van der Waals surface area contributed by atoms with Crippen molar-refractivity contribution < 1.29 is 14.2 Å². The Kier molecular flexibility index (Phi) is 3.91. The highest BCUT2D eigenvalue weighted by Crippen LogP contribution is 2.29. The Bertz CT molecular complexity index is 336. The lowest BCUT2D eigenvalue weighted by Crippen LogP contribution is -2.14. The van der Waals surface area contributed by atoms with Gasteiger partial charge in [0, 0.05) is 12.5 Å². The molecule has 0 aliphatic heterocycles. The molecule has 1 fully saturated rings. The first-order chi connectivity index (χ1) is 7.81. The molecule has 0 spiro atoms. The van der Waals surface area contributed by atoms with E-state index in [-0.39, 0.29) is 18.3 Å². The molecule has 0 heterocycles. The van der Waals surface area contributed by atoms with Gasteiger partial charge in [0.15, 0.2) is 0 Å². The number of rotatable bonds is 6. The van der Waals surface area contributed by atoms with Crippen LogP contribution in [-0.4, -0.2) is 24.9 Å². The summed E-state index contributed by atoms with van der Waals surface area (Å²) in [4.78, 5) is 0. The number of aliphatic hydroxyl groups is 1. The van der Waals surface area contributed by atoms with Gasteiger partial charge in [-0.25, -0.2) is 4.39 Å². The normalized spacial score (nSPS) is 17.4. The molecule has 0 bridgehead atoms. The van der Waals surface area contributed by atoms with Crippen molar-refractivity contribution in [2.24, 2.45) is 5.92 Å². The third-order valence-electron chi connectivity index (χ3n) is 2.93. The fourth-order valence-electron chi connectivity index (χ4n) is 1.71.